The van der Waals surface area contributed by atoms with Crippen LogP contribution in [0.5, 0.6) is 0 Å². The van der Waals surface area contributed by atoms with Gasteiger partial charge in [-0.2, -0.15) is 0 Å². The largest absolute Gasteiger partial charge is 0.457 e. The van der Waals surface area contributed by atoms with Gasteiger partial charge in [0.1, 0.15) is 6.61 Å². The number of hydrogen-bond donors (Lipinski definition) is 0. The van der Waals surface area contributed by atoms with Gasteiger partial charge >= 0.3 is 5.97 Å². The Hall–Kier alpha value is -3.95. The first-order chi connectivity index (χ1) is 17.2. The Bertz CT molecular complexity index is 1610. The number of esters is 1. The molecule has 0 aliphatic heterocycles. The zero-order chi connectivity index (χ0) is 23.8. The van der Waals surface area contributed by atoms with Gasteiger partial charge in [-0.05, 0) is 70.2 Å². The molecule has 0 amide bonds. The molecule has 1 heterocycles. The Morgan fingerprint density at radius 3 is 2.46 bits per heavy atom. The zero-order valence-electron chi connectivity index (χ0n) is 19.0. The highest BCUT2D eigenvalue weighted by molar-refractivity contribution is 6.30. The molecule has 0 unspecified atom stereocenters. The number of aromatic nitrogens is 1. The molecule has 4 heteroatoms. The van der Waals surface area contributed by atoms with E-state index in [1.807, 2.05) is 72.8 Å². The molecular weight excluding hydrogens is 454 g/mol. The van der Waals surface area contributed by atoms with Gasteiger partial charge in [0.15, 0.2) is 0 Å². The minimum atomic E-state index is -0.305. The molecule has 4 aromatic carbocycles. The number of ether oxygens (including phenoxy) is 1. The van der Waals surface area contributed by atoms with Crippen molar-refractivity contribution in [1.29, 1.82) is 0 Å². The zero-order valence-corrected chi connectivity index (χ0v) is 19.8. The van der Waals surface area contributed by atoms with Gasteiger partial charge in [-0.25, -0.2) is 9.78 Å². The number of rotatable bonds is 4. The maximum atomic E-state index is 13.5. The second-order valence-corrected chi connectivity index (χ2v) is 9.20. The fourth-order valence-electron chi connectivity index (χ4n) is 4.91. The Morgan fingerprint density at radius 2 is 1.60 bits per heavy atom. The molecule has 0 atom stereocenters. The van der Waals surface area contributed by atoms with Crippen LogP contribution >= 0.6 is 11.6 Å². The highest BCUT2D eigenvalue weighted by atomic mass is 35.5. The Labute approximate surface area is 208 Å². The van der Waals surface area contributed by atoms with Gasteiger partial charge in [0.2, 0.25) is 0 Å². The summed E-state index contributed by atoms with van der Waals surface area (Å²) in [6, 6.07) is 29.8. The second kappa shape index (κ2) is 9.01. The third-order valence-corrected chi connectivity index (χ3v) is 6.85. The van der Waals surface area contributed by atoms with Crippen LogP contribution < -0.4 is 0 Å². The van der Waals surface area contributed by atoms with Crippen LogP contribution in [0.15, 0.2) is 91.0 Å². The predicted molar refractivity (Wildman–Crippen MR) is 142 cm³/mol. The molecule has 0 spiro atoms. The SMILES string of the molecule is O=C(OCc1cccc2ccccc12)c1c2c(nc3ccccc13)C(=Cc1ccc(Cl)cc1)CC2. The van der Waals surface area contributed by atoms with Crippen molar-refractivity contribution in [1.82, 2.24) is 4.98 Å². The van der Waals surface area contributed by atoms with E-state index in [1.54, 1.807) is 0 Å². The van der Waals surface area contributed by atoms with Gasteiger partial charge < -0.3 is 4.74 Å². The number of carbonyl (C=O) groups excluding carboxylic acids is 1. The van der Waals surface area contributed by atoms with Crippen LogP contribution in [0.3, 0.4) is 0 Å². The quantitative estimate of drug-likeness (QED) is 0.248. The van der Waals surface area contributed by atoms with E-state index in [-0.39, 0.29) is 12.6 Å². The lowest BCUT2D eigenvalue weighted by Gasteiger charge is -2.13. The van der Waals surface area contributed by atoms with E-state index < -0.39 is 0 Å². The highest BCUT2D eigenvalue weighted by Crippen LogP contribution is 2.38. The molecule has 0 N–H and O–H groups in total. The van der Waals surface area contributed by atoms with Gasteiger partial charge in [0.05, 0.1) is 16.8 Å². The Kier molecular flexibility index (Phi) is 5.55. The van der Waals surface area contributed by atoms with E-state index in [9.17, 15) is 4.79 Å². The van der Waals surface area contributed by atoms with E-state index in [2.05, 4.69) is 24.3 Å². The number of allylic oxidation sites excluding steroid dienone is 1. The third kappa shape index (κ3) is 4.09. The number of benzene rings is 4. The predicted octanol–water partition coefficient (Wildman–Crippen LogP) is 7.89. The first-order valence-electron chi connectivity index (χ1n) is 11.7. The number of fused-ring (bicyclic) bond motifs is 3. The number of pyridine rings is 1. The number of hydrogen-bond acceptors (Lipinski definition) is 3. The molecule has 1 aromatic heterocycles. The van der Waals surface area contributed by atoms with Gasteiger partial charge in [-0.3, -0.25) is 0 Å². The molecule has 0 fully saturated rings. The molecule has 1 aliphatic carbocycles. The standard InChI is InChI=1S/C31H22ClNO2/c32-24-15-12-20(13-16-24)18-22-14-17-27-29(26-10-3-4-11-28(26)33-30(22)27)31(34)35-19-23-8-5-7-21-6-1-2-9-25(21)23/h1-13,15-16,18H,14,17,19H2. The van der Waals surface area contributed by atoms with Crippen molar-refractivity contribution in [3.05, 3.63) is 124 Å². The average molecular weight is 476 g/mol. The van der Waals surface area contributed by atoms with Gasteiger partial charge in [-0.15, -0.1) is 0 Å². The van der Waals surface area contributed by atoms with E-state index in [0.717, 1.165) is 62.5 Å². The van der Waals surface area contributed by atoms with Crippen LogP contribution in [0.4, 0.5) is 0 Å². The van der Waals surface area contributed by atoms with E-state index >= 15 is 0 Å². The molecule has 0 saturated heterocycles. The van der Waals surface area contributed by atoms with E-state index in [0.29, 0.717) is 10.6 Å². The molecule has 5 aromatic rings. The summed E-state index contributed by atoms with van der Waals surface area (Å²) in [4.78, 5) is 18.5. The van der Waals surface area contributed by atoms with E-state index in [1.165, 1.54) is 0 Å². The van der Waals surface area contributed by atoms with Crippen molar-refractivity contribution in [2.45, 2.75) is 19.4 Å². The lowest BCUT2D eigenvalue weighted by molar-refractivity contribution is 0.0475. The summed E-state index contributed by atoms with van der Waals surface area (Å²) in [5.74, 6) is -0.305. The van der Waals surface area contributed by atoms with Crippen LogP contribution in [-0.2, 0) is 17.8 Å². The highest BCUT2D eigenvalue weighted by Gasteiger charge is 2.27. The molecule has 0 saturated carbocycles. The maximum Gasteiger partial charge on any atom is 0.339 e. The van der Waals surface area contributed by atoms with Crippen LogP contribution in [0.25, 0.3) is 33.3 Å². The molecule has 1 aliphatic rings. The number of carbonyl (C=O) groups is 1. The lowest BCUT2D eigenvalue weighted by Crippen LogP contribution is -2.10. The maximum absolute atomic E-state index is 13.5. The minimum Gasteiger partial charge on any atom is -0.457 e. The van der Waals surface area contributed by atoms with Gasteiger partial charge in [-0.1, -0.05) is 84.4 Å². The molecule has 0 bridgehead atoms. The molecule has 35 heavy (non-hydrogen) atoms. The summed E-state index contributed by atoms with van der Waals surface area (Å²) in [5.41, 5.74) is 6.46. The molecular formula is C31H22ClNO2. The fourth-order valence-corrected chi connectivity index (χ4v) is 5.03. The molecule has 6 rings (SSSR count). The first-order valence-corrected chi connectivity index (χ1v) is 12.1. The summed E-state index contributed by atoms with van der Waals surface area (Å²) < 4.78 is 5.92. The Morgan fingerprint density at radius 1 is 0.857 bits per heavy atom. The lowest BCUT2D eigenvalue weighted by atomic mass is 10.0. The second-order valence-electron chi connectivity index (χ2n) is 8.77. The van der Waals surface area contributed by atoms with Crippen molar-refractivity contribution >= 4 is 50.9 Å². The van der Waals surface area contributed by atoms with Crippen LogP contribution in [0, 0.1) is 0 Å². The van der Waals surface area contributed by atoms with Crippen molar-refractivity contribution in [3.8, 4) is 0 Å². The van der Waals surface area contributed by atoms with Crippen LogP contribution in [-0.4, -0.2) is 11.0 Å². The topological polar surface area (TPSA) is 39.2 Å². The van der Waals surface area contributed by atoms with Crippen molar-refractivity contribution in [3.63, 3.8) is 0 Å². The summed E-state index contributed by atoms with van der Waals surface area (Å²) in [6.07, 6.45) is 3.71. The van der Waals surface area contributed by atoms with Crippen molar-refractivity contribution < 1.29 is 9.53 Å². The summed E-state index contributed by atoms with van der Waals surface area (Å²) in [6.45, 7) is 0.221. The normalized spacial score (nSPS) is 13.9. The van der Waals surface area contributed by atoms with Crippen molar-refractivity contribution in [2.75, 3.05) is 0 Å². The van der Waals surface area contributed by atoms with Gasteiger partial charge in [0.25, 0.3) is 0 Å². The smallest absolute Gasteiger partial charge is 0.339 e. The number of halogens is 1. The third-order valence-electron chi connectivity index (χ3n) is 6.60. The summed E-state index contributed by atoms with van der Waals surface area (Å²) in [5, 5.41) is 3.77. The van der Waals surface area contributed by atoms with Crippen LogP contribution in [0.1, 0.15) is 39.2 Å². The molecule has 170 valence electrons. The average Bonchev–Trinajstić information content (AvgIpc) is 3.29. The minimum absolute atomic E-state index is 0.221. The summed E-state index contributed by atoms with van der Waals surface area (Å²) in [7, 11) is 0. The van der Waals surface area contributed by atoms with Crippen molar-refractivity contribution in [2.24, 2.45) is 0 Å². The molecule has 3 nitrogen and oxygen atoms in total. The van der Waals surface area contributed by atoms with Crippen LogP contribution in [0.2, 0.25) is 5.02 Å². The first kappa shape index (κ1) is 21.6. The number of nitrogens with zero attached hydrogens (tertiary/aromatic N) is 1. The Balaban J connectivity index is 1.39. The fraction of sp³-hybridized carbons (Fsp3) is 0.0968. The summed E-state index contributed by atoms with van der Waals surface area (Å²) >= 11 is 6.05. The van der Waals surface area contributed by atoms with E-state index in [4.69, 9.17) is 21.3 Å². The number of para-hydroxylation sites is 1. The van der Waals surface area contributed by atoms with Gasteiger partial charge in [0, 0.05) is 10.4 Å². The monoisotopic (exact) mass is 475 g/mol. The molecule has 0 radical (unpaired) electrons.